The van der Waals surface area contributed by atoms with Gasteiger partial charge in [0.25, 0.3) is 0 Å². The van der Waals surface area contributed by atoms with Crippen molar-refractivity contribution in [2.24, 2.45) is 0 Å². The molecule has 7 aromatic carbocycles. The number of nitrogens with zero attached hydrogens (tertiary/aromatic N) is 4. The Bertz CT molecular complexity index is 3010. The fourth-order valence-corrected chi connectivity index (χ4v) is 10.0. The van der Waals surface area contributed by atoms with E-state index in [1.54, 1.807) is 0 Å². The van der Waals surface area contributed by atoms with E-state index >= 15 is 0 Å². The highest BCUT2D eigenvalue weighted by molar-refractivity contribution is 8.00. The highest BCUT2D eigenvalue weighted by Crippen LogP contribution is 2.57. The number of rotatable bonds is 5. The van der Waals surface area contributed by atoms with E-state index in [1.807, 2.05) is 72.4 Å². The van der Waals surface area contributed by atoms with Gasteiger partial charge in [0.05, 0.1) is 16.1 Å². The number of benzene rings is 7. The Morgan fingerprint density at radius 1 is 0.538 bits per heavy atom. The van der Waals surface area contributed by atoms with E-state index < -0.39 is 0 Å². The van der Waals surface area contributed by atoms with Gasteiger partial charge >= 0.3 is 0 Å². The van der Waals surface area contributed by atoms with Crippen molar-refractivity contribution in [1.82, 2.24) is 19.5 Å². The molecule has 3 heterocycles. The zero-order chi connectivity index (χ0) is 33.9. The zero-order valence-corrected chi connectivity index (χ0v) is 28.7. The lowest BCUT2D eigenvalue weighted by molar-refractivity contribution is 1.07. The standard InChI is InChI=1S/C47H28N4S/c1-3-9-29(10-4-1)45-48-46(30-11-5-2-6-12-30)50-47(49-45)33-15-7-13-31(25-33)32-14-8-16-34(26-32)51-35-21-17-27-19-23-37-43-39(27)41(35)42-36(51)22-18-28-20-24-38(52-37)44(43)40(28)42/h1-17,19-26,37H,18H2. The molecule has 1 atom stereocenters. The van der Waals surface area contributed by atoms with Crippen LogP contribution >= 0.6 is 11.8 Å². The van der Waals surface area contributed by atoms with E-state index in [9.17, 15) is 0 Å². The van der Waals surface area contributed by atoms with Crippen LogP contribution in [0.4, 0.5) is 0 Å². The van der Waals surface area contributed by atoms with Crippen molar-refractivity contribution in [1.29, 1.82) is 0 Å². The van der Waals surface area contributed by atoms with Gasteiger partial charge in [0.15, 0.2) is 17.5 Å². The molecule has 0 amide bonds. The monoisotopic (exact) mass is 680 g/mol. The van der Waals surface area contributed by atoms with Crippen molar-refractivity contribution < 1.29 is 0 Å². The maximum absolute atomic E-state index is 5.00. The first-order valence-corrected chi connectivity index (χ1v) is 18.7. The smallest absolute Gasteiger partial charge is 0.164 e. The van der Waals surface area contributed by atoms with E-state index in [4.69, 9.17) is 15.0 Å². The van der Waals surface area contributed by atoms with Gasteiger partial charge in [0.2, 0.25) is 0 Å². The molecule has 52 heavy (non-hydrogen) atoms. The van der Waals surface area contributed by atoms with Crippen molar-refractivity contribution in [3.8, 4) is 51.0 Å². The third-order valence-corrected chi connectivity index (χ3v) is 12.2. The minimum absolute atomic E-state index is 0.387. The number of hydrogen-bond acceptors (Lipinski definition) is 4. The van der Waals surface area contributed by atoms with Gasteiger partial charge in [0.1, 0.15) is 0 Å². The molecule has 242 valence electrons. The van der Waals surface area contributed by atoms with Crippen LogP contribution in [0.2, 0.25) is 0 Å². The summed E-state index contributed by atoms with van der Waals surface area (Å²) in [5.41, 5.74) is 11.9. The minimum Gasteiger partial charge on any atom is -0.309 e. The summed E-state index contributed by atoms with van der Waals surface area (Å²) in [4.78, 5) is 16.3. The normalized spacial score (nSPS) is 15.0. The molecule has 9 aromatic rings. The summed E-state index contributed by atoms with van der Waals surface area (Å²) in [6.07, 6.45) is 8.13. The molecule has 0 saturated carbocycles. The first-order valence-electron chi connectivity index (χ1n) is 17.8. The lowest BCUT2D eigenvalue weighted by Crippen LogP contribution is -2.17. The maximum atomic E-state index is 5.00. The summed E-state index contributed by atoms with van der Waals surface area (Å²) >= 11 is 2.01. The highest BCUT2D eigenvalue weighted by atomic mass is 32.2. The van der Waals surface area contributed by atoms with Crippen LogP contribution < -0.4 is 5.35 Å². The van der Waals surface area contributed by atoms with E-state index in [0.717, 1.165) is 34.2 Å². The van der Waals surface area contributed by atoms with Crippen molar-refractivity contribution in [3.05, 3.63) is 162 Å². The van der Waals surface area contributed by atoms with Crippen LogP contribution in [0, 0.1) is 0 Å². The van der Waals surface area contributed by atoms with Gasteiger partial charge in [-0.1, -0.05) is 121 Å². The molecule has 2 aliphatic carbocycles. The average molecular weight is 681 g/mol. The predicted octanol–water partition coefficient (Wildman–Crippen LogP) is 11.0. The van der Waals surface area contributed by atoms with E-state index in [1.165, 1.54) is 65.1 Å². The van der Waals surface area contributed by atoms with Crippen LogP contribution in [0.1, 0.15) is 21.9 Å². The molecule has 3 aliphatic rings. The SMILES string of the molecule is C1=CC2Sc3ccc4c5c3c2c2c1ccc1c2c5c(n1-c1cccc(-c2cccc(-c3nc(-c5ccccc5)nc(-c5ccccc5)n3)c2)c1)=CC4. The van der Waals surface area contributed by atoms with Crippen molar-refractivity contribution >= 4 is 56.4 Å². The van der Waals surface area contributed by atoms with Crippen LogP contribution in [-0.2, 0) is 6.42 Å². The lowest BCUT2D eigenvalue weighted by atomic mass is 9.84. The Labute approximate surface area is 303 Å². The number of hydrogen-bond donors (Lipinski definition) is 0. The Kier molecular flexibility index (Phi) is 5.79. The molecule has 5 heteroatoms. The summed E-state index contributed by atoms with van der Waals surface area (Å²) in [5, 5.41) is 8.91. The van der Waals surface area contributed by atoms with Crippen LogP contribution in [0.3, 0.4) is 0 Å². The first-order chi connectivity index (χ1) is 25.8. The lowest BCUT2D eigenvalue weighted by Gasteiger charge is -2.19. The van der Waals surface area contributed by atoms with Crippen LogP contribution in [0.5, 0.6) is 0 Å². The Morgan fingerprint density at radius 2 is 1.21 bits per heavy atom. The Morgan fingerprint density at radius 3 is 1.98 bits per heavy atom. The van der Waals surface area contributed by atoms with E-state index in [2.05, 4.69) is 95.6 Å². The van der Waals surface area contributed by atoms with Gasteiger partial charge in [-0.3, -0.25) is 0 Å². The summed E-state index contributed by atoms with van der Waals surface area (Å²) in [6, 6.07) is 47.3. The van der Waals surface area contributed by atoms with Crippen molar-refractivity contribution in [2.75, 3.05) is 0 Å². The van der Waals surface area contributed by atoms with Crippen LogP contribution in [0.25, 0.3) is 95.6 Å². The molecule has 0 saturated heterocycles. The summed E-state index contributed by atoms with van der Waals surface area (Å²) in [5.74, 6) is 1.98. The molecule has 4 nitrogen and oxygen atoms in total. The van der Waals surface area contributed by atoms with Gasteiger partial charge in [-0.2, -0.15) is 0 Å². The highest BCUT2D eigenvalue weighted by Gasteiger charge is 2.34. The second-order valence-corrected chi connectivity index (χ2v) is 15.1. The Hall–Kier alpha value is -6.30. The van der Waals surface area contributed by atoms with Gasteiger partial charge in [-0.25, -0.2) is 15.0 Å². The second kappa shape index (κ2) is 10.6. The van der Waals surface area contributed by atoms with Crippen LogP contribution in [-0.4, -0.2) is 19.5 Å². The maximum Gasteiger partial charge on any atom is 0.164 e. The Balaban J connectivity index is 1.03. The molecule has 2 aromatic heterocycles. The zero-order valence-electron chi connectivity index (χ0n) is 27.9. The summed E-state index contributed by atoms with van der Waals surface area (Å²) in [6.45, 7) is 0. The first kappa shape index (κ1) is 28.4. The molecule has 0 fully saturated rings. The topological polar surface area (TPSA) is 43.6 Å². The molecular weight excluding hydrogens is 653 g/mol. The fourth-order valence-electron chi connectivity index (χ4n) is 8.76. The van der Waals surface area contributed by atoms with Crippen LogP contribution in [0.15, 0.2) is 144 Å². The third-order valence-electron chi connectivity index (χ3n) is 11.0. The fraction of sp³-hybridized carbons (Fsp3) is 0.0426. The predicted molar refractivity (Wildman–Crippen MR) is 214 cm³/mol. The molecule has 1 aliphatic heterocycles. The molecular formula is C47H28N4S. The quantitative estimate of drug-likeness (QED) is 0.170. The number of aromatic nitrogens is 4. The van der Waals surface area contributed by atoms with Gasteiger partial charge in [-0.15, -0.1) is 11.8 Å². The van der Waals surface area contributed by atoms with Crippen molar-refractivity contribution in [3.63, 3.8) is 0 Å². The molecule has 1 unspecified atom stereocenters. The third kappa shape index (κ3) is 3.97. The second-order valence-electron chi connectivity index (χ2n) is 13.9. The minimum atomic E-state index is 0.387. The largest absolute Gasteiger partial charge is 0.309 e. The summed E-state index contributed by atoms with van der Waals surface area (Å²) < 4.78 is 2.51. The van der Waals surface area contributed by atoms with Gasteiger partial charge in [-0.05, 0) is 75.3 Å². The molecule has 0 N–H and O–H groups in total. The summed E-state index contributed by atoms with van der Waals surface area (Å²) in [7, 11) is 0. The van der Waals surface area contributed by atoms with Gasteiger partial charge in [0, 0.05) is 43.4 Å². The molecule has 0 bridgehead atoms. The number of thioether (sulfide) groups is 1. The van der Waals surface area contributed by atoms with E-state index in [0.29, 0.717) is 22.7 Å². The van der Waals surface area contributed by atoms with Crippen molar-refractivity contribution in [2.45, 2.75) is 16.6 Å². The molecule has 0 spiro atoms. The molecule has 0 radical (unpaired) electrons. The van der Waals surface area contributed by atoms with Gasteiger partial charge < -0.3 is 4.57 Å². The molecule has 12 rings (SSSR count). The van der Waals surface area contributed by atoms with E-state index in [-0.39, 0.29) is 0 Å². The average Bonchev–Trinajstić information content (AvgIpc) is 3.78.